The summed E-state index contributed by atoms with van der Waals surface area (Å²) < 4.78 is 17.2. The van der Waals surface area contributed by atoms with Crippen LogP contribution in [-0.4, -0.2) is 22.3 Å². The normalized spacial score (nSPS) is 16.6. The molecule has 30 heavy (non-hydrogen) atoms. The van der Waals surface area contributed by atoms with Crippen LogP contribution in [0.3, 0.4) is 0 Å². The van der Waals surface area contributed by atoms with Crippen LogP contribution >= 0.6 is 0 Å². The Hall–Kier alpha value is -3.45. The largest absolute Gasteiger partial charge is 0.355 e. The molecule has 0 aromatic heterocycles. The van der Waals surface area contributed by atoms with E-state index in [1.807, 2.05) is 38.1 Å². The number of ketones is 2. The Kier molecular flexibility index (Phi) is 4.22. The van der Waals surface area contributed by atoms with Crippen molar-refractivity contribution >= 4 is 45.5 Å². The van der Waals surface area contributed by atoms with Gasteiger partial charge in [-0.3, -0.25) is 18.6 Å². The van der Waals surface area contributed by atoms with Gasteiger partial charge in [0.25, 0.3) is 0 Å². The fourth-order valence-electron chi connectivity index (χ4n) is 3.99. The van der Waals surface area contributed by atoms with E-state index in [-0.39, 0.29) is 17.1 Å². The van der Waals surface area contributed by atoms with E-state index in [0.29, 0.717) is 40.3 Å². The maximum atomic E-state index is 13.4. The number of benzene rings is 3. The maximum absolute atomic E-state index is 13.4. The Bertz CT molecular complexity index is 1250. The van der Waals surface area contributed by atoms with Gasteiger partial charge in [-0.1, -0.05) is 42.0 Å². The summed E-state index contributed by atoms with van der Waals surface area (Å²) in [7, 11) is 0. The molecule has 7 heteroatoms. The molecule has 5 rings (SSSR count). The first-order chi connectivity index (χ1) is 14.5. The van der Waals surface area contributed by atoms with Crippen LogP contribution in [0.25, 0.3) is 0 Å². The van der Waals surface area contributed by atoms with E-state index >= 15 is 0 Å². The Morgan fingerprint density at radius 2 is 1.60 bits per heavy atom. The van der Waals surface area contributed by atoms with E-state index in [2.05, 4.69) is 10.0 Å². The molecule has 1 unspecified atom stereocenters. The molecule has 0 spiro atoms. The Balaban J connectivity index is 1.77. The average Bonchev–Trinajstić information content (AvgIpc) is 3.07. The van der Waals surface area contributed by atoms with Crippen molar-refractivity contribution in [1.29, 1.82) is 0 Å². The van der Waals surface area contributed by atoms with Crippen molar-refractivity contribution in [2.75, 3.05) is 20.9 Å². The van der Waals surface area contributed by atoms with E-state index in [1.165, 1.54) is 0 Å². The van der Waals surface area contributed by atoms with Crippen molar-refractivity contribution in [3.05, 3.63) is 82.4 Å². The molecule has 2 aliphatic rings. The second-order valence-electron chi connectivity index (χ2n) is 7.31. The summed E-state index contributed by atoms with van der Waals surface area (Å²) in [4.78, 5) is 26.9. The second kappa shape index (κ2) is 6.81. The molecular weight excluding hydrogens is 398 g/mol. The Morgan fingerprint density at radius 1 is 0.967 bits per heavy atom. The highest BCUT2D eigenvalue weighted by Crippen LogP contribution is 2.46. The monoisotopic (exact) mass is 417 g/mol. The van der Waals surface area contributed by atoms with Crippen LogP contribution in [0, 0.1) is 6.92 Å². The van der Waals surface area contributed by atoms with Gasteiger partial charge >= 0.3 is 0 Å². The highest BCUT2D eigenvalue weighted by atomic mass is 32.2. The SMILES string of the molecule is CCN1c2cc(Nc3ccc(C)cc3)c3c(c2NS1=O)C(=O)c1ccccc1C3=O. The summed E-state index contributed by atoms with van der Waals surface area (Å²) in [5.41, 5.74) is 4.87. The number of nitrogens with zero attached hydrogens (tertiary/aromatic N) is 1. The molecule has 1 aliphatic carbocycles. The number of hydrogen-bond donors (Lipinski definition) is 2. The molecule has 0 radical (unpaired) electrons. The molecule has 0 bridgehead atoms. The van der Waals surface area contributed by atoms with E-state index in [0.717, 1.165) is 11.3 Å². The molecule has 3 aromatic rings. The van der Waals surface area contributed by atoms with Crippen LogP contribution in [0.15, 0.2) is 54.6 Å². The number of carbonyl (C=O) groups excluding carboxylic acids is 2. The van der Waals surface area contributed by atoms with Crippen molar-refractivity contribution in [2.24, 2.45) is 0 Å². The molecule has 0 amide bonds. The summed E-state index contributed by atoms with van der Waals surface area (Å²) in [5, 5.41) is 3.30. The van der Waals surface area contributed by atoms with E-state index in [1.54, 1.807) is 34.6 Å². The first-order valence-electron chi connectivity index (χ1n) is 9.68. The standard InChI is InChI=1S/C23H19N3O3S/c1-3-26-18-12-17(24-14-10-8-13(2)9-11-14)19-20(21(18)25-30(26)29)23(28)16-7-5-4-6-15(16)22(19)27/h4-12,24-25H,3H2,1-2H3. The van der Waals surface area contributed by atoms with Crippen LogP contribution in [0.4, 0.5) is 22.7 Å². The molecule has 0 fully saturated rings. The van der Waals surface area contributed by atoms with Crippen molar-refractivity contribution in [1.82, 2.24) is 0 Å². The van der Waals surface area contributed by atoms with Gasteiger partial charge in [0.05, 0.1) is 28.2 Å². The van der Waals surface area contributed by atoms with E-state index < -0.39 is 11.2 Å². The molecule has 150 valence electrons. The number of carbonyl (C=O) groups is 2. The lowest BCUT2D eigenvalue weighted by molar-refractivity contribution is 0.0980. The van der Waals surface area contributed by atoms with Gasteiger partial charge in [0.1, 0.15) is 0 Å². The minimum atomic E-state index is -1.50. The zero-order chi connectivity index (χ0) is 21.0. The number of aryl methyl sites for hydroxylation is 1. The molecule has 0 saturated carbocycles. The average molecular weight is 417 g/mol. The molecule has 1 aliphatic heterocycles. The fraction of sp³-hybridized carbons (Fsp3) is 0.130. The summed E-state index contributed by atoms with van der Waals surface area (Å²) in [6.07, 6.45) is 0. The van der Waals surface area contributed by atoms with Gasteiger partial charge in [0.2, 0.25) is 11.2 Å². The minimum Gasteiger partial charge on any atom is -0.355 e. The number of rotatable bonds is 3. The van der Waals surface area contributed by atoms with Gasteiger partial charge in [-0.25, -0.2) is 4.21 Å². The zero-order valence-corrected chi connectivity index (χ0v) is 17.3. The topological polar surface area (TPSA) is 78.5 Å². The first kappa shape index (κ1) is 18.6. The molecule has 0 saturated heterocycles. The van der Waals surface area contributed by atoms with Crippen LogP contribution < -0.4 is 14.3 Å². The lowest BCUT2D eigenvalue weighted by atomic mass is 9.82. The summed E-state index contributed by atoms with van der Waals surface area (Å²) in [5.74, 6) is -0.466. The predicted octanol–water partition coefficient (Wildman–Crippen LogP) is 4.34. The van der Waals surface area contributed by atoms with Gasteiger partial charge in [-0.15, -0.1) is 0 Å². The second-order valence-corrected chi connectivity index (χ2v) is 8.45. The van der Waals surface area contributed by atoms with Crippen molar-refractivity contribution in [3.63, 3.8) is 0 Å². The Morgan fingerprint density at radius 3 is 2.23 bits per heavy atom. The van der Waals surface area contributed by atoms with Crippen LogP contribution in [-0.2, 0) is 11.2 Å². The number of fused-ring (bicyclic) bond motifs is 4. The molecule has 1 atom stereocenters. The molecule has 2 N–H and O–H groups in total. The van der Waals surface area contributed by atoms with Crippen LogP contribution in [0.1, 0.15) is 44.3 Å². The highest BCUT2D eigenvalue weighted by Gasteiger charge is 2.39. The smallest absolute Gasteiger partial charge is 0.223 e. The third-order valence-electron chi connectivity index (χ3n) is 5.45. The lowest BCUT2D eigenvalue weighted by Crippen LogP contribution is -2.23. The highest BCUT2D eigenvalue weighted by molar-refractivity contribution is 7.88. The summed E-state index contributed by atoms with van der Waals surface area (Å²) in [6.45, 7) is 4.39. The third kappa shape index (κ3) is 2.66. The van der Waals surface area contributed by atoms with Crippen LogP contribution in [0.5, 0.6) is 0 Å². The van der Waals surface area contributed by atoms with Crippen molar-refractivity contribution in [2.45, 2.75) is 13.8 Å². The van der Waals surface area contributed by atoms with Crippen LogP contribution in [0.2, 0.25) is 0 Å². The Labute approximate surface area is 176 Å². The van der Waals surface area contributed by atoms with E-state index in [9.17, 15) is 13.8 Å². The minimum absolute atomic E-state index is 0.222. The van der Waals surface area contributed by atoms with Gasteiger partial charge in [0.15, 0.2) is 11.6 Å². The maximum Gasteiger partial charge on any atom is 0.223 e. The van der Waals surface area contributed by atoms with Crippen molar-refractivity contribution in [3.8, 4) is 0 Å². The van der Waals surface area contributed by atoms with Crippen molar-refractivity contribution < 1.29 is 13.8 Å². The quantitative estimate of drug-likeness (QED) is 0.520. The summed E-state index contributed by atoms with van der Waals surface area (Å²) >= 11 is -1.50. The van der Waals surface area contributed by atoms with Gasteiger partial charge in [0, 0.05) is 23.4 Å². The van der Waals surface area contributed by atoms with Gasteiger partial charge < -0.3 is 5.32 Å². The fourth-order valence-corrected chi connectivity index (χ4v) is 5.04. The number of hydrogen-bond acceptors (Lipinski definition) is 4. The zero-order valence-electron chi connectivity index (χ0n) is 16.5. The predicted molar refractivity (Wildman–Crippen MR) is 119 cm³/mol. The molecule has 6 nitrogen and oxygen atoms in total. The molecular formula is C23H19N3O3S. The van der Waals surface area contributed by atoms with Gasteiger partial charge in [-0.2, -0.15) is 0 Å². The van der Waals surface area contributed by atoms with Gasteiger partial charge in [-0.05, 0) is 32.0 Å². The molecule has 3 aromatic carbocycles. The van der Waals surface area contributed by atoms with E-state index in [4.69, 9.17) is 0 Å². The summed E-state index contributed by atoms with van der Waals surface area (Å²) in [6, 6.07) is 16.4. The number of nitrogens with one attached hydrogen (secondary N) is 2. The third-order valence-corrected chi connectivity index (χ3v) is 6.69. The number of anilines is 4. The lowest BCUT2D eigenvalue weighted by Gasteiger charge is -2.24. The molecule has 1 heterocycles. The first-order valence-corrected chi connectivity index (χ1v) is 10.8.